The lowest BCUT2D eigenvalue weighted by Crippen LogP contribution is -2.21. The quantitative estimate of drug-likeness (QED) is 0.857. The Labute approximate surface area is 111 Å². The van der Waals surface area contributed by atoms with Crippen molar-refractivity contribution in [1.82, 2.24) is 14.9 Å². The molecule has 98 valence electrons. The lowest BCUT2D eigenvalue weighted by atomic mass is 10.2. The SMILES string of the molecule is CNCc1ccc(-n2cc3c(nc2=O)NCC3)cc1. The van der Waals surface area contributed by atoms with Crippen LogP contribution in [0.15, 0.2) is 35.3 Å². The van der Waals surface area contributed by atoms with Crippen molar-refractivity contribution in [3.63, 3.8) is 0 Å². The number of fused-ring (bicyclic) bond motifs is 1. The molecule has 2 aromatic rings. The molecule has 1 aromatic carbocycles. The average Bonchev–Trinajstić information content (AvgIpc) is 2.86. The van der Waals surface area contributed by atoms with Crippen LogP contribution in [-0.2, 0) is 13.0 Å². The fourth-order valence-electron chi connectivity index (χ4n) is 2.31. The van der Waals surface area contributed by atoms with Gasteiger partial charge in [-0.2, -0.15) is 4.98 Å². The van der Waals surface area contributed by atoms with E-state index in [4.69, 9.17) is 0 Å². The zero-order valence-electron chi connectivity index (χ0n) is 10.8. The highest BCUT2D eigenvalue weighted by Crippen LogP contribution is 2.18. The highest BCUT2D eigenvalue weighted by atomic mass is 16.1. The third kappa shape index (κ3) is 2.24. The Hall–Kier alpha value is -2.14. The van der Waals surface area contributed by atoms with Gasteiger partial charge in [0.2, 0.25) is 0 Å². The molecule has 1 aromatic heterocycles. The van der Waals surface area contributed by atoms with Gasteiger partial charge in [0.25, 0.3) is 0 Å². The predicted octanol–water partition coefficient (Wildman–Crippen LogP) is 0.920. The maximum absolute atomic E-state index is 12.0. The van der Waals surface area contributed by atoms with E-state index in [0.29, 0.717) is 0 Å². The Kier molecular flexibility index (Phi) is 3.05. The molecule has 0 radical (unpaired) electrons. The second-order valence-electron chi connectivity index (χ2n) is 4.64. The van der Waals surface area contributed by atoms with Gasteiger partial charge in [0.15, 0.2) is 0 Å². The van der Waals surface area contributed by atoms with Gasteiger partial charge in [0, 0.05) is 24.8 Å². The Morgan fingerprint density at radius 2 is 2.16 bits per heavy atom. The second kappa shape index (κ2) is 4.85. The number of nitrogens with zero attached hydrogens (tertiary/aromatic N) is 2. The molecule has 3 rings (SSSR count). The minimum atomic E-state index is -0.241. The molecule has 0 fully saturated rings. The maximum atomic E-state index is 12.0. The normalized spacial score (nSPS) is 13.1. The number of benzene rings is 1. The van der Waals surface area contributed by atoms with Crippen LogP contribution in [0.4, 0.5) is 5.82 Å². The van der Waals surface area contributed by atoms with Crippen LogP contribution in [0.1, 0.15) is 11.1 Å². The first-order valence-electron chi connectivity index (χ1n) is 6.38. The lowest BCUT2D eigenvalue weighted by Gasteiger charge is -2.08. The van der Waals surface area contributed by atoms with Crippen LogP contribution in [0.3, 0.4) is 0 Å². The summed E-state index contributed by atoms with van der Waals surface area (Å²) in [7, 11) is 1.91. The third-order valence-electron chi connectivity index (χ3n) is 3.28. The molecule has 2 N–H and O–H groups in total. The average molecular weight is 256 g/mol. The molecule has 0 saturated carbocycles. The number of aromatic nitrogens is 2. The van der Waals surface area contributed by atoms with Gasteiger partial charge < -0.3 is 10.6 Å². The van der Waals surface area contributed by atoms with Crippen molar-refractivity contribution in [3.8, 4) is 5.69 Å². The van der Waals surface area contributed by atoms with E-state index >= 15 is 0 Å². The van der Waals surface area contributed by atoms with Gasteiger partial charge in [-0.15, -0.1) is 0 Å². The number of rotatable bonds is 3. The van der Waals surface area contributed by atoms with Crippen LogP contribution in [0.5, 0.6) is 0 Å². The first-order chi connectivity index (χ1) is 9.28. The summed E-state index contributed by atoms with van der Waals surface area (Å²) in [5.41, 5.74) is 2.90. The molecular weight excluding hydrogens is 240 g/mol. The molecule has 0 bridgehead atoms. The summed E-state index contributed by atoms with van der Waals surface area (Å²) in [6.45, 7) is 1.68. The molecule has 5 heteroatoms. The van der Waals surface area contributed by atoms with Crippen molar-refractivity contribution in [2.24, 2.45) is 0 Å². The zero-order chi connectivity index (χ0) is 13.2. The molecule has 19 heavy (non-hydrogen) atoms. The van der Waals surface area contributed by atoms with Gasteiger partial charge in [-0.05, 0) is 31.2 Å². The molecule has 0 spiro atoms. The van der Waals surface area contributed by atoms with Gasteiger partial charge >= 0.3 is 5.69 Å². The number of hydrogen-bond donors (Lipinski definition) is 2. The Morgan fingerprint density at radius 3 is 2.89 bits per heavy atom. The van der Waals surface area contributed by atoms with E-state index in [9.17, 15) is 4.79 Å². The summed E-state index contributed by atoms with van der Waals surface area (Å²) in [5, 5.41) is 6.21. The van der Waals surface area contributed by atoms with E-state index in [1.54, 1.807) is 4.57 Å². The molecule has 2 heterocycles. The topological polar surface area (TPSA) is 59.0 Å². The number of nitrogens with one attached hydrogen (secondary N) is 2. The molecule has 0 amide bonds. The van der Waals surface area contributed by atoms with Crippen LogP contribution < -0.4 is 16.3 Å². The van der Waals surface area contributed by atoms with Crippen LogP contribution >= 0.6 is 0 Å². The van der Waals surface area contributed by atoms with Crippen LogP contribution in [-0.4, -0.2) is 23.1 Å². The lowest BCUT2D eigenvalue weighted by molar-refractivity contribution is 0.816. The van der Waals surface area contributed by atoms with E-state index in [1.165, 1.54) is 5.56 Å². The van der Waals surface area contributed by atoms with Gasteiger partial charge in [0.05, 0.1) is 5.69 Å². The third-order valence-corrected chi connectivity index (χ3v) is 3.28. The fourth-order valence-corrected chi connectivity index (χ4v) is 2.31. The second-order valence-corrected chi connectivity index (χ2v) is 4.64. The van der Waals surface area contributed by atoms with Crippen molar-refractivity contribution in [2.45, 2.75) is 13.0 Å². The zero-order valence-corrected chi connectivity index (χ0v) is 10.8. The maximum Gasteiger partial charge on any atom is 0.354 e. The summed E-state index contributed by atoms with van der Waals surface area (Å²) in [5.74, 6) is 0.730. The van der Waals surface area contributed by atoms with Gasteiger partial charge in [0.1, 0.15) is 5.82 Å². The van der Waals surface area contributed by atoms with E-state index in [-0.39, 0.29) is 5.69 Å². The van der Waals surface area contributed by atoms with Crippen molar-refractivity contribution < 1.29 is 0 Å². The highest BCUT2D eigenvalue weighted by molar-refractivity contribution is 5.48. The Balaban J connectivity index is 2.00. The minimum absolute atomic E-state index is 0.241. The van der Waals surface area contributed by atoms with Gasteiger partial charge in [-0.3, -0.25) is 4.57 Å². The molecule has 0 saturated heterocycles. The minimum Gasteiger partial charge on any atom is -0.369 e. The Bertz CT molecular complexity index is 645. The summed E-state index contributed by atoms with van der Waals surface area (Å²) in [4.78, 5) is 16.1. The first-order valence-corrected chi connectivity index (χ1v) is 6.38. The highest BCUT2D eigenvalue weighted by Gasteiger charge is 2.14. The standard InChI is InChI=1S/C14H16N4O/c1-15-8-10-2-4-12(5-3-10)18-9-11-6-7-16-13(11)17-14(18)19/h2-5,9,15H,6-8H2,1H3,(H,16,17,19). The Morgan fingerprint density at radius 1 is 1.37 bits per heavy atom. The van der Waals surface area contributed by atoms with E-state index in [0.717, 1.165) is 36.6 Å². The first kappa shape index (κ1) is 11.9. The molecule has 0 aliphatic carbocycles. The van der Waals surface area contributed by atoms with Gasteiger partial charge in [-0.1, -0.05) is 12.1 Å². The molecule has 5 nitrogen and oxygen atoms in total. The fraction of sp³-hybridized carbons (Fsp3) is 0.286. The van der Waals surface area contributed by atoms with Gasteiger partial charge in [-0.25, -0.2) is 4.79 Å². The number of hydrogen-bond acceptors (Lipinski definition) is 4. The predicted molar refractivity (Wildman–Crippen MR) is 74.8 cm³/mol. The summed E-state index contributed by atoms with van der Waals surface area (Å²) in [6, 6.07) is 7.93. The van der Waals surface area contributed by atoms with E-state index < -0.39 is 0 Å². The van der Waals surface area contributed by atoms with Crippen LogP contribution in [0.2, 0.25) is 0 Å². The molecule has 0 unspecified atom stereocenters. The van der Waals surface area contributed by atoms with E-state index in [2.05, 4.69) is 15.6 Å². The molecular formula is C14H16N4O. The monoisotopic (exact) mass is 256 g/mol. The molecule has 1 aliphatic heterocycles. The molecule has 0 atom stereocenters. The van der Waals surface area contributed by atoms with Crippen molar-refractivity contribution >= 4 is 5.82 Å². The van der Waals surface area contributed by atoms with Crippen molar-refractivity contribution in [3.05, 3.63) is 52.1 Å². The smallest absolute Gasteiger partial charge is 0.354 e. The summed E-state index contributed by atoms with van der Waals surface area (Å²) >= 11 is 0. The summed E-state index contributed by atoms with van der Waals surface area (Å²) < 4.78 is 1.61. The van der Waals surface area contributed by atoms with Crippen LogP contribution in [0.25, 0.3) is 5.69 Å². The van der Waals surface area contributed by atoms with E-state index in [1.807, 2.05) is 37.5 Å². The van der Waals surface area contributed by atoms with Crippen molar-refractivity contribution in [1.29, 1.82) is 0 Å². The van der Waals surface area contributed by atoms with Crippen molar-refractivity contribution in [2.75, 3.05) is 18.9 Å². The largest absolute Gasteiger partial charge is 0.369 e. The number of anilines is 1. The molecule has 1 aliphatic rings. The summed E-state index contributed by atoms with van der Waals surface area (Å²) in [6.07, 6.45) is 2.80. The van der Waals surface area contributed by atoms with Crippen LogP contribution in [0, 0.1) is 0 Å².